The number of carbonyl (C=O) groups excluding carboxylic acids is 1. The number of hydrogen-bond acceptors (Lipinski definition) is 3. The Kier molecular flexibility index (Phi) is 6.76. The number of halogens is 1. The van der Waals surface area contributed by atoms with Crippen molar-refractivity contribution in [1.29, 1.82) is 0 Å². The van der Waals surface area contributed by atoms with Gasteiger partial charge in [-0.05, 0) is 25.8 Å². The van der Waals surface area contributed by atoms with Crippen molar-refractivity contribution in [2.75, 3.05) is 13.2 Å². The molecule has 0 N–H and O–H groups in total. The van der Waals surface area contributed by atoms with Crippen molar-refractivity contribution < 1.29 is 9.53 Å². The second kappa shape index (κ2) is 8.08. The minimum Gasteiger partial charge on any atom is -0.465 e. The molecule has 1 aliphatic heterocycles. The van der Waals surface area contributed by atoms with Crippen molar-refractivity contribution in [2.24, 2.45) is 0 Å². The fourth-order valence-electron chi connectivity index (χ4n) is 2.38. The van der Waals surface area contributed by atoms with E-state index in [-0.39, 0.29) is 24.4 Å². The average molecular weight is 296 g/mol. The molecular weight excluding hydrogens is 274 g/mol. The van der Waals surface area contributed by atoms with Crippen LogP contribution in [-0.2, 0) is 16.1 Å². The smallest absolute Gasteiger partial charge is 0.323 e. The summed E-state index contributed by atoms with van der Waals surface area (Å²) in [7, 11) is 0. The summed E-state index contributed by atoms with van der Waals surface area (Å²) < 4.78 is 5.19. The van der Waals surface area contributed by atoms with Crippen LogP contribution in [0.2, 0.25) is 0 Å². The van der Waals surface area contributed by atoms with Gasteiger partial charge >= 0.3 is 5.97 Å². The van der Waals surface area contributed by atoms with E-state index in [1.54, 1.807) is 0 Å². The summed E-state index contributed by atoms with van der Waals surface area (Å²) in [5.41, 5.74) is 2.49. The van der Waals surface area contributed by atoms with Gasteiger partial charge in [-0.15, -0.1) is 12.4 Å². The zero-order valence-electron chi connectivity index (χ0n) is 12.0. The van der Waals surface area contributed by atoms with Gasteiger partial charge in [-0.2, -0.15) is 0 Å². The predicted molar refractivity (Wildman–Crippen MR) is 82.9 cm³/mol. The minimum absolute atomic E-state index is 0. The van der Waals surface area contributed by atoms with Gasteiger partial charge in [-0.3, -0.25) is 9.69 Å². The average Bonchev–Trinajstić information content (AvgIpc) is 2.42. The lowest BCUT2D eigenvalue weighted by atomic mass is 10.0. The van der Waals surface area contributed by atoms with Gasteiger partial charge in [0.1, 0.15) is 6.04 Å². The molecule has 3 nitrogen and oxygen atoms in total. The van der Waals surface area contributed by atoms with Crippen LogP contribution in [0.15, 0.2) is 42.0 Å². The van der Waals surface area contributed by atoms with Crippen molar-refractivity contribution in [2.45, 2.75) is 32.9 Å². The molecule has 1 aliphatic rings. The monoisotopic (exact) mass is 295 g/mol. The molecule has 4 heteroatoms. The molecule has 0 bridgehead atoms. The molecule has 0 spiro atoms. The molecule has 0 saturated carbocycles. The quantitative estimate of drug-likeness (QED) is 0.631. The van der Waals surface area contributed by atoms with Crippen LogP contribution in [-0.4, -0.2) is 30.1 Å². The topological polar surface area (TPSA) is 29.5 Å². The summed E-state index contributed by atoms with van der Waals surface area (Å²) in [6.07, 6.45) is 2.96. The summed E-state index contributed by atoms with van der Waals surface area (Å²) in [6, 6.07) is 10.1. The maximum atomic E-state index is 12.1. The third-order valence-corrected chi connectivity index (χ3v) is 3.42. The van der Waals surface area contributed by atoms with Crippen molar-refractivity contribution in [3.05, 3.63) is 47.5 Å². The van der Waals surface area contributed by atoms with Crippen LogP contribution in [0.5, 0.6) is 0 Å². The summed E-state index contributed by atoms with van der Waals surface area (Å²) in [6.45, 7) is 5.96. The Balaban J connectivity index is 0.00000200. The highest BCUT2D eigenvalue weighted by atomic mass is 35.5. The molecule has 0 saturated heterocycles. The van der Waals surface area contributed by atoms with Crippen LogP contribution < -0.4 is 0 Å². The highest BCUT2D eigenvalue weighted by Crippen LogP contribution is 2.21. The number of rotatable bonds is 4. The molecule has 1 atom stereocenters. The van der Waals surface area contributed by atoms with E-state index in [1.165, 1.54) is 11.1 Å². The highest BCUT2D eigenvalue weighted by molar-refractivity contribution is 5.85. The van der Waals surface area contributed by atoms with Gasteiger partial charge in [0, 0.05) is 13.1 Å². The van der Waals surface area contributed by atoms with Crippen LogP contribution in [0.1, 0.15) is 25.8 Å². The van der Waals surface area contributed by atoms with E-state index in [9.17, 15) is 4.79 Å². The molecule has 0 aromatic heterocycles. The van der Waals surface area contributed by atoms with E-state index in [4.69, 9.17) is 4.74 Å². The molecule has 0 amide bonds. The van der Waals surface area contributed by atoms with Crippen molar-refractivity contribution in [1.82, 2.24) is 4.90 Å². The van der Waals surface area contributed by atoms with E-state index >= 15 is 0 Å². The van der Waals surface area contributed by atoms with Gasteiger partial charge in [0.05, 0.1) is 6.61 Å². The van der Waals surface area contributed by atoms with E-state index < -0.39 is 0 Å². The Morgan fingerprint density at radius 3 is 2.70 bits per heavy atom. The Morgan fingerprint density at radius 1 is 1.35 bits per heavy atom. The first kappa shape index (κ1) is 16.7. The second-order valence-corrected chi connectivity index (χ2v) is 4.94. The van der Waals surface area contributed by atoms with Crippen LogP contribution >= 0.6 is 12.4 Å². The first-order valence-corrected chi connectivity index (χ1v) is 6.81. The SMILES string of the molecule is CCOC(=O)C1CC(C)=CCN1Cc1ccccc1.Cl. The van der Waals surface area contributed by atoms with E-state index in [2.05, 4.69) is 30.0 Å². The first-order chi connectivity index (χ1) is 9.20. The fourth-order valence-corrected chi connectivity index (χ4v) is 2.38. The highest BCUT2D eigenvalue weighted by Gasteiger charge is 2.29. The van der Waals surface area contributed by atoms with E-state index in [0.29, 0.717) is 6.61 Å². The molecule has 0 radical (unpaired) electrons. The van der Waals surface area contributed by atoms with Crippen molar-refractivity contribution >= 4 is 18.4 Å². The van der Waals surface area contributed by atoms with Crippen LogP contribution in [0.3, 0.4) is 0 Å². The van der Waals surface area contributed by atoms with Gasteiger partial charge in [-0.25, -0.2) is 0 Å². The Bertz CT molecular complexity index is 459. The van der Waals surface area contributed by atoms with Crippen LogP contribution in [0.25, 0.3) is 0 Å². The molecule has 20 heavy (non-hydrogen) atoms. The maximum absolute atomic E-state index is 12.1. The molecule has 1 aromatic carbocycles. The van der Waals surface area contributed by atoms with E-state index in [1.807, 2.05) is 25.1 Å². The number of benzene rings is 1. The molecule has 1 unspecified atom stereocenters. The lowest BCUT2D eigenvalue weighted by Crippen LogP contribution is -2.44. The molecule has 0 fully saturated rings. The zero-order valence-corrected chi connectivity index (χ0v) is 12.9. The molecule has 0 aliphatic carbocycles. The lowest BCUT2D eigenvalue weighted by Gasteiger charge is -2.33. The summed E-state index contributed by atoms with van der Waals surface area (Å²) in [4.78, 5) is 14.2. The Labute approximate surface area is 127 Å². The number of ether oxygens (including phenoxy) is 1. The van der Waals surface area contributed by atoms with Crippen LogP contribution in [0, 0.1) is 0 Å². The number of carbonyl (C=O) groups is 1. The molecule has 2 rings (SSSR count). The van der Waals surface area contributed by atoms with E-state index in [0.717, 1.165) is 19.5 Å². The van der Waals surface area contributed by atoms with Crippen LogP contribution in [0.4, 0.5) is 0 Å². The van der Waals surface area contributed by atoms with Gasteiger partial charge < -0.3 is 4.74 Å². The van der Waals surface area contributed by atoms with Crippen molar-refractivity contribution in [3.63, 3.8) is 0 Å². The third kappa shape index (κ3) is 4.36. The summed E-state index contributed by atoms with van der Waals surface area (Å²) in [5, 5.41) is 0. The second-order valence-electron chi connectivity index (χ2n) is 4.94. The lowest BCUT2D eigenvalue weighted by molar-refractivity contribution is -0.149. The third-order valence-electron chi connectivity index (χ3n) is 3.42. The predicted octanol–water partition coefficient (Wildman–Crippen LogP) is 3.19. The fraction of sp³-hybridized carbons (Fsp3) is 0.438. The number of esters is 1. The zero-order chi connectivity index (χ0) is 13.7. The van der Waals surface area contributed by atoms with Gasteiger partial charge in [0.2, 0.25) is 0 Å². The standard InChI is InChI=1S/C16H21NO2.ClH/c1-3-19-16(18)15-11-13(2)9-10-17(15)12-14-7-5-4-6-8-14;/h4-9,15H,3,10-12H2,1-2H3;1H. The molecule has 1 heterocycles. The molecule has 1 aromatic rings. The Hall–Kier alpha value is -1.32. The van der Waals surface area contributed by atoms with Gasteiger partial charge in [0.15, 0.2) is 0 Å². The summed E-state index contributed by atoms with van der Waals surface area (Å²) >= 11 is 0. The summed E-state index contributed by atoms with van der Waals surface area (Å²) in [5.74, 6) is -0.106. The van der Waals surface area contributed by atoms with Gasteiger partial charge in [-0.1, -0.05) is 42.0 Å². The minimum atomic E-state index is -0.148. The maximum Gasteiger partial charge on any atom is 0.323 e. The Morgan fingerprint density at radius 2 is 2.05 bits per heavy atom. The largest absolute Gasteiger partial charge is 0.465 e. The normalized spacial score (nSPS) is 18.9. The molecular formula is C16H22ClNO2. The molecule has 110 valence electrons. The number of nitrogens with zero attached hydrogens (tertiary/aromatic N) is 1. The van der Waals surface area contributed by atoms with Gasteiger partial charge in [0.25, 0.3) is 0 Å². The van der Waals surface area contributed by atoms with Crippen molar-refractivity contribution in [3.8, 4) is 0 Å². The first-order valence-electron chi connectivity index (χ1n) is 6.81. The number of hydrogen-bond donors (Lipinski definition) is 0.